The van der Waals surface area contributed by atoms with E-state index in [1.165, 1.54) is 25.7 Å². The average Bonchev–Trinajstić information content (AvgIpc) is 2.85. The fourth-order valence-electron chi connectivity index (χ4n) is 4.54. The first-order valence-electron chi connectivity index (χ1n) is 6.24. The van der Waals surface area contributed by atoms with Gasteiger partial charge in [0.2, 0.25) is 0 Å². The number of nitrogens with one attached hydrogen (secondary N) is 1. The Hall–Kier alpha value is -0.300. The summed E-state index contributed by atoms with van der Waals surface area (Å²) >= 11 is 0. The first kappa shape index (κ1) is 8.96. The summed E-state index contributed by atoms with van der Waals surface area (Å²) in [6, 6.07) is 0.831. The van der Waals surface area contributed by atoms with Crippen molar-refractivity contribution >= 4 is 0 Å². The molecule has 0 radical (unpaired) electrons. The molecule has 0 heterocycles. The van der Waals surface area contributed by atoms with E-state index < -0.39 is 0 Å². The van der Waals surface area contributed by atoms with Gasteiger partial charge in [-0.15, -0.1) is 6.58 Å². The maximum absolute atomic E-state index is 3.79. The van der Waals surface area contributed by atoms with Crippen LogP contribution in [0, 0.1) is 23.7 Å². The Labute approximate surface area is 87.0 Å². The van der Waals surface area contributed by atoms with Crippen molar-refractivity contribution in [3.8, 4) is 0 Å². The summed E-state index contributed by atoms with van der Waals surface area (Å²) in [5.41, 5.74) is 0. The Balaban J connectivity index is 1.68. The maximum Gasteiger partial charge on any atom is 0.0135 e. The molecule has 0 aliphatic heterocycles. The van der Waals surface area contributed by atoms with Gasteiger partial charge in [0.1, 0.15) is 0 Å². The molecule has 0 aromatic rings. The van der Waals surface area contributed by atoms with Gasteiger partial charge in [-0.05, 0) is 49.4 Å². The minimum absolute atomic E-state index is 0.831. The highest BCUT2D eigenvalue weighted by atomic mass is 14.9. The Kier molecular flexibility index (Phi) is 2.16. The quantitative estimate of drug-likeness (QED) is 0.676. The van der Waals surface area contributed by atoms with Gasteiger partial charge < -0.3 is 5.32 Å². The molecule has 0 saturated heterocycles. The van der Waals surface area contributed by atoms with Gasteiger partial charge in [-0.25, -0.2) is 0 Å². The van der Waals surface area contributed by atoms with Crippen molar-refractivity contribution in [3.05, 3.63) is 12.7 Å². The van der Waals surface area contributed by atoms with Crippen LogP contribution in [0.5, 0.6) is 0 Å². The third kappa shape index (κ3) is 1.18. The van der Waals surface area contributed by atoms with Crippen LogP contribution in [-0.4, -0.2) is 12.6 Å². The minimum Gasteiger partial charge on any atom is -0.310 e. The predicted octanol–water partition coefficient (Wildman–Crippen LogP) is 2.59. The molecule has 14 heavy (non-hydrogen) atoms. The normalized spacial score (nSPS) is 49.6. The molecule has 3 rings (SSSR count). The Morgan fingerprint density at radius 2 is 2.00 bits per heavy atom. The zero-order valence-corrected chi connectivity index (χ0v) is 8.91. The molecular formula is C13H21N. The number of hydrogen-bond donors (Lipinski definition) is 1. The summed E-state index contributed by atoms with van der Waals surface area (Å²) in [6.07, 6.45) is 9.57. The first-order chi connectivity index (χ1) is 6.90. The third-order valence-corrected chi connectivity index (χ3v) is 4.95. The summed E-state index contributed by atoms with van der Waals surface area (Å²) < 4.78 is 0. The van der Waals surface area contributed by atoms with Gasteiger partial charge >= 0.3 is 0 Å². The largest absolute Gasteiger partial charge is 0.310 e. The molecule has 3 aliphatic rings. The van der Waals surface area contributed by atoms with Crippen molar-refractivity contribution in [2.75, 3.05) is 6.54 Å². The van der Waals surface area contributed by atoms with E-state index >= 15 is 0 Å². The van der Waals surface area contributed by atoms with E-state index in [2.05, 4.69) is 11.9 Å². The second-order valence-corrected chi connectivity index (χ2v) is 5.46. The molecule has 1 nitrogen and oxygen atoms in total. The fourth-order valence-corrected chi connectivity index (χ4v) is 4.54. The average molecular weight is 191 g/mol. The van der Waals surface area contributed by atoms with E-state index in [4.69, 9.17) is 0 Å². The topological polar surface area (TPSA) is 12.0 Å². The standard InChI is InChI=1S/C13H21N/c1-2-6-14-13-8-9-7-12(13)11-5-3-4-10(9)11/h2,9-14H,1,3-8H2. The summed E-state index contributed by atoms with van der Waals surface area (Å²) in [5, 5.41) is 3.66. The van der Waals surface area contributed by atoms with Crippen LogP contribution in [0.2, 0.25) is 0 Å². The fraction of sp³-hybridized carbons (Fsp3) is 0.846. The first-order valence-corrected chi connectivity index (χ1v) is 6.24. The van der Waals surface area contributed by atoms with Crippen LogP contribution in [0.15, 0.2) is 12.7 Å². The summed E-state index contributed by atoms with van der Waals surface area (Å²) in [5.74, 6) is 4.32. The van der Waals surface area contributed by atoms with Gasteiger partial charge in [-0.2, -0.15) is 0 Å². The molecule has 3 saturated carbocycles. The molecule has 0 aromatic carbocycles. The van der Waals surface area contributed by atoms with E-state index in [-0.39, 0.29) is 0 Å². The molecule has 1 N–H and O–H groups in total. The van der Waals surface area contributed by atoms with Crippen LogP contribution >= 0.6 is 0 Å². The number of rotatable bonds is 3. The Morgan fingerprint density at radius 3 is 2.86 bits per heavy atom. The molecule has 3 aliphatic carbocycles. The van der Waals surface area contributed by atoms with Crippen LogP contribution in [0.1, 0.15) is 32.1 Å². The van der Waals surface area contributed by atoms with Crippen LogP contribution in [0.25, 0.3) is 0 Å². The lowest BCUT2D eigenvalue weighted by molar-refractivity contribution is 0.212. The second kappa shape index (κ2) is 3.37. The van der Waals surface area contributed by atoms with Crippen LogP contribution < -0.4 is 5.32 Å². The molecular weight excluding hydrogens is 170 g/mol. The Bertz CT molecular complexity index is 235. The van der Waals surface area contributed by atoms with Crippen LogP contribution in [-0.2, 0) is 0 Å². The molecule has 5 atom stereocenters. The monoisotopic (exact) mass is 191 g/mol. The summed E-state index contributed by atoms with van der Waals surface area (Å²) in [7, 11) is 0. The van der Waals surface area contributed by atoms with E-state index in [1.807, 2.05) is 6.08 Å². The lowest BCUT2D eigenvalue weighted by Crippen LogP contribution is -2.39. The van der Waals surface area contributed by atoms with Gasteiger partial charge in [-0.3, -0.25) is 0 Å². The Morgan fingerprint density at radius 1 is 1.14 bits per heavy atom. The van der Waals surface area contributed by atoms with Gasteiger partial charge in [0.25, 0.3) is 0 Å². The predicted molar refractivity (Wildman–Crippen MR) is 59.0 cm³/mol. The molecule has 78 valence electrons. The van der Waals surface area contributed by atoms with Gasteiger partial charge in [0.15, 0.2) is 0 Å². The summed E-state index contributed by atoms with van der Waals surface area (Å²) in [4.78, 5) is 0. The number of fused-ring (bicyclic) bond motifs is 5. The van der Waals surface area contributed by atoms with Crippen LogP contribution in [0.3, 0.4) is 0 Å². The maximum atomic E-state index is 3.79. The highest BCUT2D eigenvalue weighted by Gasteiger charge is 2.53. The smallest absolute Gasteiger partial charge is 0.0135 e. The lowest BCUT2D eigenvalue weighted by atomic mass is 9.79. The van der Waals surface area contributed by atoms with Crippen LogP contribution in [0.4, 0.5) is 0 Å². The number of hydrogen-bond acceptors (Lipinski definition) is 1. The molecule has 0 amide bonds. The highest BCUT2D eigenvalue weighted by Crippen LogP contribution is 2.58. The van der Waals surface area contributed by atoms with E-state index in [0.717, 1.165) is 36.3 Å². The van der Waals surface area contributed by atoms with Gasteiger partial charge in [0, 0.05) is 12.6 Å². The van der Waals surface area contributed by atoms with Crippen molar-refractivity contribution < 1.29 is 0 Å². The molecule has 0 spiro atoms. The third-order valence-electron chi connectivity index (χ3n) is 4.95. The lowest BCUT2D eigenvalue weighted by Gasteiger charge is -2.31. The van der Waals surface area contributed by atoms with Crippen molar-refractivity contribution in [1.29, 1.82) is 0 Å². The van der Waals surface area contributed by atoms with Crippen molar-refractivity contribution in [3.63, 3.8) is 0 Å². The van der Waals surface area contributed by atoms with E-state index in [1.54, 1.807) is 6.42 Å². The highest BCUT2D eigenvalue weighted by molar-refractivity contribution is 5.05. The molecule has 1 heteroatoms. The summed E-state index contributed by atoms with van der Waals surface area (Å²) in [6.45, 7) is 4.79. The van der Waals surface area contributed by atoms with Gasteiger partial charge in [-0.1, -0.05) is 12.5 Å². The van der Waals surface area contributed by atoms with Crippen molar-refractivity contribution in [2.45, 2.75) is 38.1 Å². The van der Waals surface area contributed by atoms with E-state index in [9.17, 15) is 0 Å². The van der Waals surface area contributed by atoms with Gasteiger partial charge in [0.05, 0.1) is 0 Å². The van der Waals surface area contributed by atoms with Crippen molar-refractivity contribution in [2.24, 2.45) is 23.7 Å². The molecule has 0 aromatic heterocycles. The van der Waals surface area contributed by atoms with E-state index in [0.29, 0.717) is 0 Å². The van der Waals surface area contributed by atoms with Crippen molar-refractivity contribution in [1.82, 2.24) is 5.32 Å². The molecule has 3 fully saturated rings. The second-order valence-electron chi connectivity index (χ2n) is 5.46. The molecule has 2 bridgehead atoms. The zero-order chi connectivity index (χ0) is 9.54. The SMILES string of the molecule is C=CCNC1CC2CC1C1CCCC21. The molecule has 5 unspecified atom stereocenters. The zero-order valence-electron chi connectivity index (χ0n) is 8.91. The minimum atomic E-state index is 0.831.